The number of nitrogens with one attached hydrogen (secondary N) is 1. The second kappa shape index (κ2) is 9.49. The molecule has 0 heterocycles. The number of aliphatic carboxylic acids is 1. The first kappa shape index (κ1) is 23.8. The normalized spacial score (nSPS) is 16.7. The van der Waals surface area contributed by atoms with Gasteiger partial charge in [0, 0.05) is 13.0 Å². The van der Waals surface area contributed by atoms with Crippen LogP contribution in [0.4, 0.5) is 4.79 Å². The van der Waals surface area contributed by atoms with Crippen molar-refractivity contribution < 1.29 is 24.2 Å². The fraction of sp³-hybridized carbons (Fsp3) is 0.444. The van der Waals surface area contributed by atoms with Crippen LogP contribution in [0.2, 0.25) is 0 Å². The summed E-state index contributed by atoms with van der Waals surface area (Å²) in [5.74, 6) is -1.35. The maximum atomic E-state index is 13.2. The van der Waals surface area contributed by atoms with Gasteiger partial charge in [-0.15, -0.1) is 0 Å². The molecule has 2 amide bonds. The molecule has 1 fully saturated rings. The van der Waals surface area contributed by atoms with E-state index in [0.29, 0.717) is 19.3 Å². The molecule has 1 atom stereocenters. The van der Waals surface area contributed by atoms with Crippen LogP contribution < -0.4 is 5.32 Å². The van der Waals surface area contributed by atoms with Gasteiger partial charge in [0.1, 0.15) is 18.2 Å². The summed E-state index contributed by atoms with van der Waals surface area (Å²) in [5.41, 5.74) is 3.32. The number of rotatable bonds is 8. The highest BCUT2D eigenvalue weighted by Gasteiger charge is 2.51. The molecule has 0 bridgehead atoms. The maximum absolute atomic E-state index is 13.2. The molecule has 1 saturated carbocycles. The van der Waals surface area contributed by atoms with Crippen LogP contribution in [0.5, 0.6) is 0 Å². The lowest BCUT2D eigenvalue weighted by Crippen LogP contribution is -2.63. The van der Waals surface area contributed by atoms with Gasteiger partial charge >= 0.3 is 12.1 Å². The number of benzene rings is 2. The highest BCUT2D eigenvalue weighted by Crippen LogP contribution is 2.44. The second-order valence-corrected chi connectivity index (χ2v) is 9.74. The molecule has 2 aromatic rings. The Hall–Kier alpha value is -3.35. The third-order valence-corrected chi connectivity index (χ3v) is 7.19. The predicted octanol–water partition coefficient (Wildman–Crippen LogP) is 4.41. The summed E-state index contributed by atoms with van der Waals surface area (Å²) in [4.78, 5) is 39.2. The lowest BCUT2D eigenvalue weighted by molar-refractivity contribution is -0.165. The van der Waals surface area contributed by atoms with Crippen molar-refractivity contribution in [3.63, 3.8) is 0 Å². The molecule has 4 rings (SSSR count). The molecule has 0 saturated heterocycles. The zero-order chi connectivity index (χ0) is 24.5. The summed E-state index contributed by atoms with van der Waals surface area (Å²) in [5, 5.41) is 12.4. The van der Waals surface area contributed by atoms with Gasteiger partial charge in [-0.1, -0.05) is 62.4 Å². The summed E-state index contributed by atoms with van der Waals surface area (Å²) >= 11 is 0. The van der Waals surface area contributed by atoms with Crippen LogP contribution in [0.25, 0.3) is 11.1 Å². The minimum atomic E-state index is -1.19. The number of alkyl carbamates (subject to hydrolysis) is 1. The summed E-state index contributed by atoms with van der Waals surface area (Å²) in [6.45, 7) is 4.06. The molecule has 2 aliphatic carbocycles. The van der Waals surface area contributed by atoms with Crippen molar-refractivity contribution in [3.8, 4) is 11.1 Å². The van der Waals surface area contributed by atoms with Crippen molar-refractivity contribution in [2.75, 3.05) is 13.7 Å². The first-order valence-electron chi connectivity index (χ1n) is 11.9. The molecule has 2 aromatic carbocycles. The Bertz CT molecular complexity index is 1050. The Labute approximate surface area is 200 Å². The molecule has 7 nitrogen and oxygen atoms in total. The topological polar surface area (TPSA) is 95.9 Å². The van der Waals surface area contributed by atoms with Crippen molar-refractivity contribution in [1.29, 1.82) is 0 Å². The van der Waals surface area contributed by atoms with Gasteiger partial charge in [-0.05, 0) is 53.9 Å². The van der Waals surface area contributed by atoms with Crippen LogP contribution in [0.15, 0.2) is 48.5 Å². The van der Waals surface area contributed by atoms with Crippen molar-refractivity contribution in [2.45, 2.75) is 57.0 Å². The Balaban J connectivity index is 1.45. The van der Waals surface area contributed by atoms with E-state index in [2.05, 4.69) is 17.4 Å². The molecule has 0 spiro atoms. The van der Waals surface area contributed by atoms with E-state index in [4.69, 9.17) is 4.74 Å². The number of hydrogen-bond donors (Lipinski definition) is 2. The minimum absolute atomic E-state index is 0.0784. The molecule has 0 aromatic heterocycles. The van der Waals surface area contributed by atoms with Crippen molar-refractivity contribution in [1.82, 2.24) is 10.2 Å². The maximum Gasteiger partial charge on any atom is 0.407 e. The number of carboxylic acids is 1. The molecule has 0 aliphatic heterocycles. The summed E-state index contributed by atoms with van der Waals surface area (Å²) in [7, 11) is 1.52. The van der Waals surface area contributed by atoms with Crippen LogP contribution in [-0.4, -0.2) is 53.2 Å². The summed E-state index contributed by atoms with van der Waals surface area (Å²) < 4.78 is 5.62. The van der Waals surface area contributed by atoms with E-state index in [1.54, 1.807) is 0 Å². The largest absolute Gasteiger partial charge is 0.479 e. The lowest BCUT2D eigenvalue weighted by atomic mass is 9.75. The van der Waals surface area contributed by atoms with Gasteiger partial charge in [0.25, 0.3) is 0 Å². The van der Waals surface area contributed by atoms with E-state index in [1.165, 1.54) is 11.9 Å². The van der Waals surface area contributed by atoms with Crippen LogP contribution in [0.3, 0.4) is 0 Å². The monoisotopic (exact) mass is 464 g/mol. The Morgan fingerprint density at radius 3 is 2.09 bits per heavy atom. The Kier molecular flexibility index (Phi) is 6.64. The van der Waals surface area contributed by atoms with Gasteiger partial charge < -0.3 is 20.1 Å². The van der Waals surface area contributed by atoms with Crippen molar-refractivity contribution in [3.05, 3.63) is 59.7 Å². The molecule has 180 valence electrons. The zero-order valence-electron chi connectivity index (χ0n) is 19.9. The smallest absolute Gasteiger partial charge is 0.407 e. The molecule has 2 aliphatic rings. The molecule has 1 unspecified atom stereocenters. The van der Waals surface area contributed by atoms with E-state index >= 15 is 0 Å². The van der Waals surface area contributed by atoms with Gasteiger partial charge in [-0.2, -0.15) is 0 Å². The number of carbonyl (C=O) groups is 3. The van der Waals surface area contributed by atoms with E-state index in [9.17, 15) is 19.5 Å². The first-order valence-corrected chi connectivity index (χ1v) is 11.9. The molecule has 2 N–H and O–H groups in total. The SMILES string of the molecule is CC(C)CC(NC(=O)OCC1c2ccccc2-c2ccccc21)C(=O)N(C)C1(C(=O)O)CCC1. The average Bonchev–Trinajstić information content (AvgIpc) is 3.09. The Morgan fingerprint density at radius 1 is 1.06 bits per heavy atom. The number of carbonyl (C=O) groups excluding carboxylic acids is 2. The van der Waals surface area contributed by atoms with Crippen molar-refractivity contribution in [2.24, 2.45) is 5.92 Å². The summed E-state index contributed by atoms with van der Waals surface area (Å²) in [6, 6.07) is 15.3. The number of ether oxygens (including phenoxy) is 1. The van der Waals surface area contributed by atoms with Crippen LogP contribution in [0, 0.1) is 5.92 Å². The molecule has 7 heteroatoms. The standard InChI is InChI=1S/C27H32N2O5/c1-17(2)15-23(24(30)29(3)27(25(31)32)13-8-14-27)28-26(33)34-16-22-20-11-6-4-9-18(20)19-10-5-7-12-21(19)22/h4-7,9-12,17,22-23H,8,13-16H2,1-3H3,(H,28,33)(H,31,32). The number of likely N-dealkylation sites (N-methyl/N-ethyl adjacent to an activating group) is 1. The molecule has 34 heavy (non-hydrogen) atoms. The van der Waals surface area contributed by atoms with E-state index in [1.807, 2.05) is 50.2 Å². The first-order chi connectivity index (χ1) is 16.2. The number of hydrogen-bond acceptors (Lipinski definition) is 4. The number of fused-ring (bicyclic) bond motifs is 3. The van der Waals surface area contributed by atoms with E-state index in [0.717, 1.165) is 28.7 Å². The minimum Gasteiger partial charge on any atom is -0.479 e. The molecular formula is C27H32N2O5. The van der Waals surface area contributed by atoms with Gasteiger partial charge in [0.15, 0.2) is 0 Å². The number of nitrogens with zero attached hydrogens (tertiary/aromatic N) is 1. The third kappa shape index (κ3) is 4.27. The quantitative estimate of drug-likeness (QED) is 0.604. The van der Waals surface area contributed by atoms with Gasteiger partial charge in [0.2, 0.25) is 5.91 Å². The van der Waals surface area contributed by atoms with Crippen LogP contribution in [-0.2, 0) is 14.3 Å². The lowest BCUT2D eigenvalue weighted by Gasteiger charge is -2.46. The van der Waals surface area contributed by atoms with Gasteiger partial charge in [-0.25, -0.2) is 9.59 Å². The zero-order valence-corrected chi connectivity index (χ0v) is 19.9. The highest BCUT2D eigenvalue weighted by molar-refractivity contribution is 5.91. The fourth-order valence-corrected chi connectivity index (χ4v) is 5.12. The third-order valence-electron chi connectivity index (χ3n) is 7.19. The predicted molar refractivity (Wildman–Crippen MR) is 128 cm³/mol. The number of amides is 2. The van der Waals surface area contributed by atoms with E-state index in [-0.39, 0.29) is 18.4 Å². The number of carboxylic acid groups (broad SMARTS) is 1. The Morgan fingerprint density at radius 2 is 1.62 bits per heavy atom. The van der Waals surface area contributed by atoms with E-state index < -0.39 is 29.6 Å². The fourth-order valence-electron chi connectivity index (χ4n) is 5.12. The molecule has 0 radical (unpaired) electrons. The summed E-state index contributed by atoms with van der Waals surface area (Å²) in [6.07, 6.45) is 1.32. The molecular weight excluding hydrogens is 432 g/mol. The second-order valence-electron chi connectivity index (χ2n) is 9.74. The van der Waals surface area contributed by atoms with Gasteiger partial charge in [0.05, 0.1) is 0 Å². The average molecular weight is 465 g/mol. The van der Waals surface area contributed by atoms with Crippen molar-refractivity contribution >= 4 is 18.0 Å². The van der Waals surface area contributed by atoms with Crippen LogP contribution >= 0.6 is 0 Å². The van der Waals surface area contributed by atoms with Crippen LogP contribution in [0.1, 0.15) is 56.6 Å². The van der Waals surface area contributed by atoms with Gasteiger partial charge in [-0.3, -0.25) is 4.79 Å². The highest BCUT2D eigenvalue weighted by atomic mass is 16.5.